The van der Waals surface area contributed by atoms with Gasteiger partial charge in [-0.2, -0.15) is 0 Å². The van der Waals surface area contributed by atoms with Crippen LogP contribution in [-0.4, -0.2) is 25.3 Å². The van der Waals surface area contributed by atoms with Crippen LogP contribution in [0.5, 0.6) is 11.5 Å². The molecule has 5 heteroatoms. The van der Waals surface area contributed by atoms with Crippen molar-refractivity contribution in [3.63, 3.8) is 0 Å². The topological polar surface area (TPSA) is 55.8 Å². The largest absolute Gasteiger partial charge is 0.495 e. The molecule has 1 aromatic rings. The Morgan fingerprint density at radius 2 is 2.06 bits per heavy atom. The molecule has 1 rings (SSSR count). The van der Waals surface area contributed by atoms with Crippen LogP contribution in [0.1, 0.15) is 31.2 Å². The smallest absolute Gasteiger partial charge is 0.311 e. The number of carboxylic acids is 1. The summed E-state index contributed by atoms with van der Waals surface area (Å²) < 4.78 is 11.1. The Hall–Kier alpha value is -1.23. The molecule has 1 unspecified atom stereocenters. The number of hydrogen-bond acceptors (Lipinski definition) is 3. The van der Waals surface area contributed by atoms with Crippen LogP contribution < -0.4 is 9.47 Å². The second-order valence-corrected chi connectivity index (χ2v) is 4.68. The molecule has 0 saturated heterocycles. The van der Waals surface area contributed by atoms with Crippen molar-refractivity contribution in [1.29, 1.82) is 0 Å². The minimum absolute atomic E-state index is 0.523. The van der Waals surface area contributed by atoms with Crippen molar-refractivity contribution in [3.8, 4) is 11.5 Å². The van der Waals surface area contributed by atoms with Gasteiger partial charge in [0, 0.05) is 5.56 Å². The first-order valence-corrected chi connectivity index (χ1v) is 6.49. The van der Waals surface area contributed by atoms with Crippen LogP contribution in [0.25, 0.3) is 0 Å². The third kappa shape index (κ3) is 2.96. The Bertz CT molecular complexity index is 431. The molecular weight excluding hydrogens is 300 g/mol. The quantitative estimate of drug-likeness (QED) is 0.873. The first-order chi connectivity index (χ1) is 8.56. The lowest BCUT2D eigenvalue weighted by Crippen LogP contribution is -2.13. The van der Waals surface area contributed by atoms with Crippen molar-refractivity contribution < 1.29 is 19.4 Å². The zero-order chi connectivity index (χ0) is 13.7. The van der Waals surface area contributed by atoms with E-state index in [0.717, 1.165) is 6.42 Å². The molecule has 0 spiro atoms. The number of benzene rings is 1. The first kappa shape index (κ1) is 14.8. The average Bonchev–Trinajstić information content (AvgIpc) is 2.35. The highest BCUT2D eigenvalue weighted by Gasteiger charge is 2.25. The van der Waals surface area contributed by atoms with Crippen LogP contribution in [0.3, 0.4) is 0 Å². The number of ether oxygens (including phenoxy) is 2. The van der Waals surface area contributed by atoms with Gasteiger partial charge in [0.2, 0.25) is 0 Å². The highest BCUT2D eigenvalue weighted by atomic mass is 79.9. The van der Waals surface area contributed by atoms with Gasteiger partial charge >= 0.3 is 5.97 Å². The summed E-state index contributed by atoms with van der Waals surface area (Å²) in [6, 6.07) is 3.49. The summed E-state index contributed by atoms with van der Waals surface area (Å²) in [4.78, 5) is 11.3. The fraction of sp³-hybridized carbons (Fsp3) is 0.462. The van der Waals surface area contributed by atoms with Gasteiger partial charge in [-0.1, -0.05) is 19.4 Å². The molecule has 1 atom stereocenters. The maximum atomic E-state index is 11.3. The fourth-order valence-corrected chi connectivity index (χ4v) is 2.58. The lowest BCUT2D eigenvalue weighted by Gasteiger charge is -2.18. The summed E-state index contributed by atoms with van der Waals surface area (Å²) in [6.07, 6.45) is 1.37. The number of halogens is 1. The van der Waals surface area contributed by atoms with E-state index in [0.29, 0.717) is 28.0 Å². The van der Waals surface area contributed by atoms with E-state index in [1.807, 2.05) is 6.92 Å². The Kier molecular flexibility index (Phi) is 5.47. The van der Waals surface area contributed by atoms with Crippen LogP contribution in [0.4, 0.5) is 0 Å². The minimum atomic E-state index is -0.841. The fourth-order valence-electron chi connectivity index (χ4n) is 1.89. The second kappa shape index (κ2) is 6.64. The Morgan fingerprint density at radius 1 is 1.39 bits per heavy atom. The highest BCUT2D eigenvalue weighted by molar-refractivity contribution is 9.10. The lowest BCUT2D eigenvalue weighted by atomic mass is 9.93. The number of rotatable bonds is 6. The number of carbonyl (C=O) groups is 1. The van der Waals surface area contributed by atoms with Crippen LogP contribution >= 0.6 is 15.9 Å². The van der Waals surface area contributed by atoms with E-state index in [9.17, 15) is 9.90 Å². The predicted molar refractivity (Wildman–Crippen MR) is 72.5 cm³/mol. The molecule has 0 aliphatic carbocycles. The van der Waals surface area contributed by atoms with Crippen LogP contribution in [0.2, 0.25) is 0 Å². The molecule has 0 aliphatic heterocycles. The molecule has 0 radical (unpaired) electrons. The van der Waals surface area contributed by atoms with E-state index in [1.54, 1.807) is 19.2 Å². The maximum absolute atomic E-state index is 11.3. The van der Waals surface area contributed by atoms with E-state index in [1.165, 1.54) is 7.11 Å². The Balaban J connectivity index is 3.30. The van der Waals surface area contributed by atoms with Gasteiger partial charge in [0.05, 0.1) is 20.1 Å². The number of aliphatic carboxylic acids is 1. The van der Waals surface area contributed by atoms with Gasteiger partial charge in [0.1, 0.15) is 16.0 Å². The van der Waals surface area contributed by atoms with Crippen molar-refractivity contribution in [2.45, 2.75) is 25.7 Å². The third-order valence-corrected chi connectivity index (χ3v) is 3.52. The van der Waals surface area contributed by atoms with E-state index < -0.39 is 11.9 Å². The highest BCUT2D eigenvalue weighted by Crippen LogP contribution is 2.41. The second-order valence-electron chi connectivity index (χ2n) is 3.88. The maximum Gasteiger partial charge on any atom is 0.311 e. The molecule has 0 saturated carbocycles. The Labute approximate surface area is 115 Å². The number of methoxy groups -OCH3 is 2. The van der Waals surface area contributed by atoms with Crippen LogP contribution in [-0.2, 0) is 4.79 Å². The van der Waals surface area contributed by atoms with Gasteiger partial charge in [0.25, 0.3) is 0 Å². The van der Waals surface area contributed by atoms with Crippen molar-refractivity contribution in [1.82, 2.24) is 0 Å². The van der Waals surface area contributed by atoms with Gasteiger partial charge in [-0.25, -0.2) is 0 Å². The minimum Gasteiger partial charge on any atom is -0.495 e. The normalized spacial score (nSPS) is 12.0. The number of hydrogen-bond donors (Lipinski definition) is 1. The molecule has 0 bridgehead atoms. The summed E-state index contributed by atoms with van der Waals surface area (Å²) in [6.45, 7) is 1.96. The first-order valence-electron chi connectivity index (χ1n) is 5.69. The molecule has 0 aliphatic rings. The Morgan fingerprint density at radius 3 is 2.50 bits per heavy atom. The van der Waals surface area contributed by atoms with E-state index in [-0.39, 0.29) is 0 Å². The van der Waals surface area contributed by atoms with Crippen molar-refractivity contribution in [2.75, 3.05) is 14.2 Å². The molecule has 0 fully saturated rings. The average molecular weight is 317 g/mol. The zero-order valence-corrected chi connectivity index (χ0v) is 12.3. The number of carboxylic acid groups (broad SMARTS) is 1. The molecule has 1 aromatic carbocycles. The van der Waals surface area contributed by atoms with Crippen molar-refractivity contribution in [3.05, 3.63) is 22.2 Å². The van der Waals surface area contributed by atoms with Gasteiger partial charge in [-0.15, -0.1) is 0 Å². The molecule has 100 valence electrons. The summed E-state index contributed by atoms with van der Waals surface area (Å²) in [5.41, 5.74) is 0.666. The van der Waals surface area contributed by atoms with Gasteiger partial charge < -0.3 is 14.6 Å². The van der Waals surface area contributed by atoms with E-state index in [2.05, 4.69) is 15.9 Å². The third-order valence-electron chi connectivity index (χ3n) is 2.77. The molecule has 4 nitrogen and oxygen atoms in total. The summed E-state index contributed by atoms with van der Waals surface area (Å²) >= 11 is 3.38. The van der Waals surface area contributed by atoms with Gasteiger partial charge in [-0.3, -0.25) is 4.79 Å². The summed E-state index contributed by atoms with van der Waals surface area (Å²) in [5, 5.41) is 9.29. The predicted octanol–water partition coefficient (Wildman–Crippen LogP) is 3.43. The molecule has 0 aromatic heterocycles. The molecule has 18 heavy (non-hydrogen) atoms. The molecule has 0 amide bonds. The summed E-state index contributed by atoms with van der Waals surface area (Å²) in [7, 11) is 3.08. The standard InChI is InChI=1S/C13H17BrO4/c1-4-5-9(13(15)16)8-6-7-10(17-2)11(14)12(8)18-3/h6-7,9H,4-5H2,1-3H3,(H,15,16). The molecule has 0 heterocycles. The molecular formula is C13H17BrO4. The van der Waals surface area contributed by atoms with Gasteiger partial charge in [-0.05, 0) is 28.4 Å². The van der Waals surface area contributed by atoms with E-state index >= 15 is 0 Å². The summed E-state index contributed by atoms with van der Waals surface area (Å²) in [5.74, 6) is -0.259. The van der Waals surface area contributed by atoms with Crippen molar-refractivity contribution >= 4 is 21.9 Å². The molecule has 1 N–H and O–H groups in total. The van der Waals surface area contributed by atoms with Crippen molar-refractivity contribution in [2.24, 2.45) is 0 Å². The monoisotopic (exact) mass is 316 g/mol. The zero-order valence-electron chi connectivity index (χ0n) is 10.7. The lowest BCUT2D eigenvalue weighted by molar-refractivity contribution is -0.139. The van der Waals surface area contributed by atoms with E-state index in [4.69, 9.17) is 9.47 Å². The SMILES string of the molecule is CCCC(C(=O)O)c1ccc(OC)c(Br)c1OC. The van der Waals surface area contributed by atoms with Crippen LogP contribution in [0.15, 0.2) is 16.6 Å². The van der Waals surface area contributed by atoms with Gasteiger partial charge in [0.15, 0.2) is 0 Å². The van der Waals surface area contributed by atoms with Crippen LogP contribution in [0, 0.1) is 0 Å².